The van der Waals surface area contributed by atoms with Crippen molar-refractivity contribution in [1.82, 2.24) is 0 Å². The predicted octanol–water partition coefficient (Wildman–Crippen LogP) is 5.08. The van der Waals surface area contributed by atoms with Crippen molar-refractivity contribution >= 4 is 50.5 Å². The topological polar surface area (TPSA) is 75.7 Å². The summed E-state index contributed by atoms with van der Waals surface area (Å²) >= 11 is 11.9. The summed E-state index contributed by atoms with van der Waals surface area (Å²) in [6, 6.07) is 17.3. The summed E-state index contributed by atoms with van der Waals surface area (Å²) in [7, 11) is -1.05. The number of amides is 1. The van der Waals surface area contributed by atoms with Gasteiger partial charge in [0.1, 0.15) is 5.75 Å². The molecule has 0 aliphatic heterocycles. The van der Waals surface area contributed by atoms with Crippen molar-refractivity contribution in [3.63, 3.8) is 0 Å². The number of hydrogen-bond acceptors (Lipinski definition) is 4. The van der Waals surface area contributed by atoms with E-state index in [9.17, 15) is 13.2 Å². The van der Waals surface area contributed by atoms with E-state index in [1.165, 1.54) is 25.2 Å². The lowest BCUT2D eigenvalue weighted by Crippen LogP contribution is -2.29. The minimum absolute atomic E-state index is 0.0373. The maximum atomic E-state index is 13.1. The maximum Gasteiger partial charge on any atom is 0.264 e. The molecule has 3 aromatic rings. The fourth-order valence-electron chi connectivity index (χ4n) is 2.74. The molecule has 0 atom stereocenters. The van der Waals surface area contributed by atoms with Crippen LogP contribution in [-0.2, 0) is 10.0 Å². The first kappa shape index (κ1) is 22.0. The first-order chi connectivity index (χ1) is 14.2. The second-order valence-corrected chi connectivity index (χ2v) is 9.03. The Morgan fingerprint density at radius 1 is 0.967 bits per heavy atom. The Labute approximate surface area is 185 Å². The van der Waals surface area contributed by atoms with Gasteiger partial charge in [0.25, 0.3) is 15.9 Å². The van der Waals surface area contributed by atoms with Crippen LogP contribution in [0.4, 0.5) is 11.4 Å². The molecule has 1 N–H and O–H groups in total. The summed E-state index contributed by atoms with van der Waals surface area (Å²) in [5, 5.41) is 3.13. The van der Waals surface area contributed by atoms with E-state index in [2.05, 4.69) is 5.32 Å². The number of rotatable bonds is 6. The Morgan fingerprint density at radius 2 is 1.63 bits per heavy atom. The van der Waals surface area contributed by atoms with Crippen molar-refractivity contribution < 1.29 is 17.9 Å². The molecule has 0 spiro atoms. The Morgan fingerprint density at radius 3 is 2.27 bits per heavy atom. The van der Waals surface area contributed by atoms with Gasteiger partial charge < -0.3 is 10.1 Å². The third kappa shape index (κ3) is 4.53. The predicted molar refractivity (Wildman–Crippen MR) is 119 cm³/mol. The molecule has 6 nitrogen and oxygen atoms in total. The number of benzene rings is 3. The van der Waals surface area contributed by atoms with Crippen molar-refractivity contribution in [1.29, 1.82) is 0 Å². The van der Waals surface area contributed by atoms with Crippen LogP contribution in [0.3, 0.4) is 0 Å². The number of carbonyl (C=O) groups excluding carboxylic acids is 1. The highest BCUT2D eigenvalue weighted by Gasteiger charge is 2.25. The summed E-state index contributed by atoms with van der Waals surface area (Å²) in [5.74, 6) is 0.202. The van der Waals surface area contributed by atoms with Crippen molar-refractivity contribution in [3.8, 4) is 5.75 Å². The van der Waals surface area contributed by atoms with Crippen molar-refractivity contribution in [2.75, 3.05) is 23.8 Å². The first-order valence-electron chi connectivity index (χ1n) is 8.72. The van der Waals surface area contributed by atoms with E-state index in [4.69, 9.17) is 27.9 Å². The molecule has 0 saturated carbocycles. The molecule has 3 aromatic carbocycles. The van der Waals surface area contributed by atoms with Gasteiger partial charge in [0, 0.05) is 12.7 Å². The number of carbonyl (C=O) groups is 1. The Bertz CT molecular complexity index is 1180. The van der Waals surface area contributed by atoms with Crippen molar-refractivity contribution in [2.45, 2.75) is 4.90 Å². The van der Waals surface area contributed by atoms with Gasteiger partial charge >= 0.3 is 0 Å². The molecule has 0 bridgehead atoms. The maximum absolute atomic E-state index is 13.1. The molecule has 3 rings (SSSR count). The quantitative estimate of drug-likeness (QED) is 0.551. The molecule has 0 radical (unpaired) electrons. The third-order valence-electron chi connectivity index (χ3n) is 4.39. The van der Waals surface area contributed by atoms with Crippen molar-refractivity contribution in [3.05, 3.63) is 82.3 Å². The molecule has 0 unspecified atom stereocenters. The van der Waals surface area contributed by atoms with Gasteiger partial charge in [0.15, 0.2) is 0 Å². The molecule has 9 heteroatoms. The second-order valence-electron chi connectivity index (χ2n) is 6.25. The molecule has 0 aliphatic carbocycles. The van der Waals surface area contributed by atoms with E-state index in [1.54, 1.807) is 55.6 Å². The van der Waals surface area contributed by atoms with Gasteiger partial charge in [-0.3, -0.25) is 9.10 Å². The zero-order valence-electron chi connectivity index (χ0n) is 16.1. The van der Waals surface area contributed by atoms with E-state index in [1.807, 2.05) is 0 Å². The van der Waals surface area contributed by atoms with Crippen LogP contribution in [-0.4, -0.2) is 28.5 Å². The number of methoxy groups -OCH3 is 1. The lowest BCUT2D eigenvalue weighted by molar-refractivity contribution is 0.102. The average Bonchev–Trinajstić information content (AvgIpc) is 2.75. The zero-order valence-corrected chi connectivity index (χ0v) is 18.4. The number of nitrogens with zero attached hydrogens (tertiary/aromatic N) is 1. The van der Waals surface area contributed by atoms with E-state index in [0.717, 1.165) is 4.31 Å². The highest BCUT2D eigenvalue weighted by Crippen LogP contribution is 2.30. The van der Waals surface area contributed by atoms with Gasteiger partial charge in [-0.2, -0.15) is 0 Å². The minimum Gasteiger partial charge on any atom is -0.497 e. The minimum atomic E-state index is -3.98. The third-order valence-corrected chi connectivity index (χ3v) is 6.89. The Hall–Kier alpha value is -2.74. The van der Waals surface area contributed by atoms with Crippen LogP contribution in [0.15, 0.2) is 71.6 Å². The molecule has 0 aromatic heterocycles. The molecular weight excluding hydrogens is 447 g/mol. The molecule has 0 aliphatic rings. The van der Waals surface area contributed by atoms with Crippen LogP contribution >= 0.6 is 23.2 Å². The fourth-order valence-corrected chi connectivity index (χ4v) is 4.34. The van der Waals surface area contributed by atoms with E-state index < -0.39 is 15.9 Å². The largest absolute Gasteiger partial charge is 0.497 e. The van der Waals surface area contributed by atoms with Crippen LogP contribution in [0.5, 0.6) is 5.75 Å². The Kier molecular flexibility index (Phi) is 6.55. The summed E-state index contributed by atoms with van der Waals surface area (Å²) in [4.78, 5) is 12.8. The fraction of sp³-hybridized carbons (Fsp3) is 0.0952. The normalized spacial score (nSPS) is 11.1. The van der Waals surface area contributed by atoms with Crippen LogP contribution < -0.4 is 14.4 Å². The van der Waals surface area contributed by atoms with Gasteiger partial charge in [-0.05, 0) is 54.6 Å². The number of hydrogen-bond donors (Lipinski definition) is 1. The number of nitrogens with one attached hydrogen (secondary N) is 1. The Balaban J connectivity index is 1.93. The number of para-hydroxylation sites is 1. The second kappa shape index (κ2) is 8.95. The lowest BCUT2D eigenvalue weighted by atomic mass is 10.1. The average molecular weight is 465 g/mol. The molecule has 0 fully saturated rings. The van der Waals surface area contributed by atoms with Gasteiger partial charge in [0.2, 0.25) is 0 Å². The van der Waals surface area contributed by atoms with Crippen LogP contribution in [0, 0.1) is 0 Å². The number of halogens is 2. The molecule has 0 heterocycles. The van der Waals surface area contributed by atoms with Crippen LogP contribution in [0.1, 0.15) is 10.4 Å². The zero-order chi connectivity index (χ0) is 21.9. The number of sulfonamides is 1. The molecular formula is C21H18Cl2N2O4S. The van der Waals surface area contributed by atoms with Gasteiger partial charge in [-0.25, -0.2) is 8.42 Å². The van der Waals surface area contributed by atoms with Gasteiger partial charge in [-0.1, -0.05) is 35.3 Å². The molecule has 0 saturated heterocycles. The van der Waals surface area contributed by atoms with Crippen LogP contribution in [0.2, 0.25) is 10.0 Å². The van der Waals surface area contributed by atoms with Crippen molar-refractivity contribution in [2.24, 2.45) is 0 Å². The lowest BCUT2D eigenvalue weighted by Gasteiger charge is -2.22. The molecule has 30 heavy (non-hydrogen) atoms. The monoisotopic (exact) mass is 464 g/mol. The summed E-state index contributed by atoms with van der Waals surface area (Å²) in [6.07, 6.45) is 0. The first-order valence-corrected chi connectivity index (χ1v) is 10.9. The summed E-state index contributed by atoms with van der Waals surface area (Å²) in [6.45, 7) is 0. The molecule has 156 valence electrons. The smallest absolute Gasteiger partial charge is 0.264 e. The van der Waals surface area contributed by atoms with Gasteiger partial charge in [0.05, 0.1) is 33.3 Å². The summed E-state index contributed by atoms with van der Waals surface area (Å²) < 4.78 is 32.3. The highest BCUT2D eigenvalue weighted by molar-refractivity contribution is 7.92. The van der Waals surface area contributed by atoms with E-state index in [-0.39, 0.29) is 26.2 Å². The van der Waals surface area contributed by atoms with E-state index in [0.29, 0.717) is 11.4 Å². The van der Waals surface area contributed by atoms with Crippen LogP contribution in [0.25, 0.3) is 0 Å². The van der Waals surface area contributed by atoms with Gasteiger partial charge in [-0.15, -0.1) is 0 Å². The number of ether oxygens (including phenoxy) is 1. The highest BCUT2D eigenvalue weighted by atomic mass is 35.5. The number of anilines is 2. The standard InChI is InChI=1S/C21H18Cl2N2O4S/c1-25(30(27,28)16-11-12-18(22)19(23)13-16)20-6-4-3-5-17(20)21(26)24-14-7-9-15(29-2)10-8-14/h3-13H,1-2H3,(H,24,26). The van der Waals surface area contributed by atoms with E-state index >= 15 is 0 Å². The molecule has 1 amide bonds. The summed E-state index contributed by atoms with van der Waals surface area (Å²) in [5.41, 5.74) is 0.958. The SMILES string of the molecule is COc1ccc(NC(=O)c2ccccc2N(C)S(=O)(=O)c2ccc(Cl)c(Cl)c2)cc1.